The van der Waals surface area contributed by atoms with Crippen molar-refractivity contribution in [1.82, 2.24) is 14.9 Å². The van der Waals surface area contributed by atoms with Crippen LogP contribution in [0.4, 0.5) is 0 Å². The number of hydrogen-bond acceptors (Lipinski definition) is 8. The zero-order chi connectivity index (χ0) is 18.9. The van der Waals surface area contributed by atoms with Gasteiger partial charge in [0.2, 0.25) is 15.8 Å². The van der Waals surface area contributed by atoms with Crippen molar-refractivity contribution in [3.63, 3.8) is 0 Å². The first-order valence-corrected chi connectivity index (χ1v) is 8.98. The van der Waals surface area contributed by atoms with Gasteiger partial charge in [0.1, 0.15) is 10.7 Å². The quantitative estimate of drug-likeness (QED) is 0.693. The predicted molar refractivity (Wildman–Crippen MR) is 91.5 cm³/mol. The van der Waals surface area contributed by atoms with Crippen LogP contribution in [0.1, 0.15) is 5.76 Å². The van der Waals surface area contributed by atoms with Crippen LogP contribution in [0.15, 0.2) is 38.1 Å². The number of hydrogen-bond donors (Lipinski definition) is 1. The van der Waals surface area contributed by atoms with Gasteiger partial charge in [0.05, 0.1) is 14.2 Å². The molecule has 0 bridgehead atoms. The number of ether oxygens (including phenoxy) is 2. The molecule has 0 amide bonds. The number of nitrogens with one attached hydrogen (secondary N) is 1. The van der Waals surface area contributed by atoms with Crippen LogP contribution in [-0.2, 0) is 10.0 Å². The third-order valence-electron chi connectivity index (χ3n) is 3.71. The van der Waals surface area contributed by atoms with Crippen LogP contribution in [0.3, 0.4) is 0 Å². The van der Waals surface area contributed by atoms with Gasteiger partial charge in [-0.25, -0.2) is 13.1 Å². The highest BCUT2D eigenvalue weighted by molar-refractivity contribution is 7.89. The fraction of sp³-hybridized carbons (Fsp3) is 0.250. The van der Waals surface area contributed by atoms with E-state index in [1.807, 2.05) is 0 Å². The van der Waals surface area contributed by atoms with Gasteiger partial charge in [-0.05, 0) is 32.2 Å². The van der Waals surface area contributed by atoms with Crippen molar-refractivity contribution in [2.24, 2.45) is 0 Å². The van der Waals surface area contributed by atoms with E-state index in [0.717, 1.165) is 0 Å². The summed E-state index contributed by atoms with van der Waals surface area (Å²) in [5.74, 6) is 1.84. The van der Waals surface area contributed by atoms with Crippen molar-refractivity contribution in [2.45, 2.75) is 11.8 Å². The molecule has 0 saturated carbocycles. The van der Waals surface area contributed by atoms with E-state index < -0.39 is 10.0 Å². The molecule has 0 aliphatic carbocycles. The summed E-state index contributed by atoms with van der Waals surface area (Å²) in [7, 11) is 0.749. The van der Waals surface area contributed by atoms with Crippen LogP contribution in [0.5, 0.6) is 11.5 Å². The van der Waals surface area contributed by atoms with Gasteiger partial charge in [0.25, 0.3) is 5.89 Å². The number of rotatable bonds is 6. The first-order chi connectivity index (χ1) is 12.4. The molecule has 26 heavy (non-hydrogen) atoms. The van der Waals surface area contributed by atoms with Crippen molar-refractivity contribution in [2.75, 3.05) is 21.3 Å². The lowest BCUT2D eigenvalue weighted by atomic mass is 10.2. The molecule has 10 heteroatoms. The van der Waals surface area contributed by atoms with Crippen LogP contribution in [0.2, 0.25) is 0 Å². The molecule has 1 aromatic carbocycles. The second kappa shape index (κ2) is 6.81. The molecule has 138 valence electrons. The Morgan fingerprint density at radius 2 is 1.85 bits per heavy atom. The molecule has 2 aromatic heterocycles. The third-order valence-corrected chi connectivity index (χ3v) is 5.23. The molecule has 0 aliphatic heterocycles. The van der Waals surface area contributed by atoms with Crippen LogP contribution in [0.25, 0.3) is 23.0 Å². The lowest BCUT2D eigenvalue weighted by Gasteiger charge is -2.07. The van der Waals surface area contributed by atoms with Gasteiger partial charge in [-0.15, -0.1) is 0 Å². The summed E-state index contributed by atoms with van der Waals surface area (Å²) in [6.45, 7) is 1.54. The largest absolute Gasteiger partial charge is 0.493 e. The van der Waals surface area contributed by atoms with Crippen molar-refractivity contribution >= 4 is 10.0 Å². The first-order valence-electron chi connectivity index (χ1n) is 7.50. The number of furan rings is 1. The topological polar surface area (TPSA) is 117 Å². The first kappa shape index (κ1) is 18.0. The van der Waals surface area contributed by atoms with Crippen molar-refractivity contribution in [1.29, 1.82) is 0 Å². The molecule has 2 heterocycles. The van der Waals surface area contributed by atoms with Crippen LogP contribution >= 0.6 is 0 Å². The zero-order valence-electron chi connectivity index (χ0n) is 14.6. The molecule has 3 aromatic rings. The standard InChI is InChI=1S/C16H17N3O6S/c1-9-14(26(20,21)17-2)8-13(24-9)16-18-15(19-25-16)10-5-6-11(22-3)12(7-10)23-4/h5-8,17H,1-4H3. The second-order valence-corrected chi connectivity index (χ2v) is 7.09. The van der Waals surface area contributed by atoms with Gasteiger partial charge in [-0.3, -0.25) is 0 Å². The summed E-state index contributed by atoms with van der Waals surface area (Å²) in [6.07, 6.45) is 0. The summed E-state index contributed by atoms with van der Waals surface area (Å²) < 4.78 is 47.3. The Balaban J connectivity index is 1.98. The molecule has 1 N–H and O–H groups in total. The number of sulfonamides is 1. The Bertz CT molecular complexity index is 1040. The van der Waals surface area contributed by atoms with E-state index in [4.69, 9.17) is 18.4 Å². The Morgan fingerprint density at radius 3 is 2.50 bits per heavy atom. The summed E-state index contributed by atoms with van der Waals surface area (Å²) in [4.78, 5) is 4.28. The lowest BCUT2D eigenvalue weighted by Crippen LogP contribution is -2.18. The van der Waals surface area contributed by atoms with E-state index in [1.54, 1.807) is 32.2 Å². The highest BCUT2D eigenvalue weighted by Gasteiger charge is 2.23. The van der Waals surface area contributed by atoms with E-state index in [2.05, 4.69) is 14.9 Å². The number of aryl methyl sites for hydroxylation is 1. The molecular formula is C16H17N3O6S. The highest BCUT2D eigenvalue weighted by atomic mass is 32.2. The van der Waals surface area contributed by atoms with E-state index in [1.165, 1.54) is 20.2 Å². The monoisotopic (exact) mass is 379 g/mol. The average Bonchev–Trinajstić information content (AvgIpc) is 3.28. The summed E-state index contributed by atoms with van der Waals surface area (Å²) >= 11 is 0. The van der Waals surface area contributed by atoms with Crippen molar-refractivity contribution < 1.29 is 26.8 Å². The average molecular weight is 379 g/mol. The summed E-state index contributed by atoms with van der Waals surface area (Å²) in [5.41, 5.74) is 0.643. The fourth-order valence-electron chi connectivity index (χ4n) is 2.36. The molecule has 0 aliphatic rings. The number of methoxy groups -OCH3 is 2. The molecule has 0 atom stereocenters. The Labute approximate surface area is 150 Å². The van der Waals surface area contributed by atoms with Crippen LogP contribution in [0, 0.1) is 6.92 Å². The van der Waals surface area contributed by atoms with Crippen molar-refractivity contribution in [3.05, 3.63) is 30.0 Å². The molecule has 0 radical (unpaired) electrons. The minimum absolute atomic E-state index is 0.0147. The predicted octanol–water partition coefficient (Wildman–Crippen LogP) is 2.23. The van der Waals surface area contributed by atoms with E-state index >= 15 is 0 Å². The molecular weight excluding hydrogens is 362 g/mol. The number of benzene rings is 1. The molecule has 0 fully saturated rings. The van der Waals surface area contributed by atoms with Gasteiger partial charge < -0.3 is 18.4 Å². The van der Waals surface area contributed by atoms with E-state index in [-0.39, 0.29) is 22.3 Å². The smallest absolute Gasteiger partial charge is 0.293 e. The number of aromatic nitrogens is 2. The molecule has 0 unspecified atom stereocenters. The number of nitrogens with zero attached hydrogens (tertiary/aromatic N) is 2. The van der Waals surface area contributed by atoms with Gasteiger partial charge in [0.15, 0.2) is 17.3 Å². The van der Waals surface area contributed by atoms with E-state index in [9.17, 15) is 8.42 Å². The Morgan fingerprint density at radius 1 is 1.12 bits per heavy atom. The fourth-order valence-corrected chi connectivity index (χ4v) is 3.27. The van der Waals surface area contributed by atoms with Gasteiger partial charge >= 0.3 is 0 Å². The van der Waals surface area contributed by atoms with Gasteiger partial charge in [-0.2, -0.15) is 4.98 Å². The third kappa shape index (κ3) is 3.16. The molecule has 3 rings (SSSR count). The van der Waals surface area contributed by atoms with Gasteiger partial charge in [-0.1, -0.05) is 5.16 Å². The Kier molecular flexibility index (Phi) is 4.70. The SMILES string of the molecule is CNS(=O)(=O)c1cc(-c2nc(-c3ccc(OC)c(OC)c3)no2)oc1C. The maximum Gasteiger partial charge on any atom is 0.293 e. The van der Waals surface area contributed by atoms with Crippen molar-refractivity contribution in [3.8, 4) is 34.5 Å². The molecule has 0 spiro atoms. The maximum atomic E-state index is 12.0. The minimum atomic E-state index is -3.64. The summed E-state index contributed by atoms with van der Waals surface area (Å²) in [5, 5.41) is 3.91. The summed E-state index contributed by atoms with van der Waals surface area (Å²) in [6, 6.07) is 6.52. The van der Waals surface area contributed by atoms with Gasteiger partial charge in [0, 0.05) is 11.6 Å². The van der Waals surface area contributed by atoms with Crippen LogP contribution in [-0.4, -0.2) is 39.8 Å². The molecule has 0 saturated heterocycles. The zero-order valence-corrected chi connectivity index (χ0v) is 15.4. The normalized spacial score (nSPS) is 11.5. The lowest BCUT2D eigenvalue weighted by molar-refractivity contribution is 0.355. The van der Waals surface area contributed by atoms with E-state index in [0.29, 0.717) is 22.9 Å². The molecule has 9 nitrogen and oxygen atoms in total. The highest BCUT2D eigenvalue weighted by Crippen LogP contribution is 2.33. The van der Waals surface area contributed by atoms with Crippen LogP contribution < -0.4 is 14.2 Å². The Hall–Kier alpha value is -2.85. The minimum Gasteiger partial charge on any atom is -0.493 e. The second-order valence-electron chi connectivity index (χ2n) is 5.23. The maximum absolute atomic E-state index is 12.0.